The minimum absolute atomic E-state index is 0.161. The largest absolute Gasteiger partial charge is 0.370 e. The van der Waals surface area contributed by atoms with Gasteiger partial charge in [0.2, 0.25) is 10.0 Å². The summed E-state index contributed by atoms with van der Waals surface area (Å²) in [6.07, 6.45) is 3.19. The number of sulfonamides is 1. The normalized spacial score (nSPS) is 15.5. The van der Waals surface area contributed by atoms with Crippen molar-refractivity contribution in [3.63, 3.8) is 0 Å². The van der Waals surface area contributed by atoms with E-state index < -0.39 is 10.0 Å². The summed E-state index contributed by atoms with van der Waals surface area (Å²) in [5.41, 5.74) is 2.27. The van der Waals surface area contributed by atoms with Crippen molar-refractivity contribution in [2.24, 2.45) is 5.92 Å². The molecule has 1 fully saturated rings. The highest BCUT2D eigenvalue weighted by Gasteiger charge is 2.30. The van der Waals surface area contributed by atoms with E-state index in [1.54, 1.807) is 35.0 Å². The summed E-state index contributed by atoms with van der Waals surface area (Å²) in [4.78, 5) is 4.90. The van der Waals surface area contributed by atoms with Gasteiger partial charge in [0.05, 0.1) is 21.4 Å². The first-order valence-electron chi connectivity index (χ1n) is 11.1. The molecule has 0 spiro atoms. The molecule has 2 aromatic carbocycles. The molecule has 7 nitrogen and oxygen atoms in total. The van der Waals surface area contributed by atoms with Gasteiger partial charge in [-0.25, -0.2) is 13.4 Å². The second kappa shape index (κ2) is 10.1. The Kier molecular flexibility index (Phi) is 7.05. The molecule has 4 aromatic rings. The fourth-order valence-electron chi connectivity index (χ4n) is 4.26. The second-order valence-electron chi connectivity index (χ2n) is 8.39. The van der Waals surface area contributed by atoms with Crippen LogP contribution in [0.25, 0.3) is 16.9 Å². The van der Waals surface area contributed by atoms with Gasteiger partial charge in [0.1, 0.15) is 10.7 Å². The average Bonchev–Trinajstić information content (AvgIpc) is 3.24. The summed E-state index contributed by atoms with van der Waals surface area (Å²) in [5, 5.41) is 8.81. The van der Waals surface area contributed by atoms with Crippen LogP contribution in [0.15, 0.2) is 70.2 Å². The molecular weight excluding hydrogens is 573 g/mol. The van der Waals surface area contributed by atoms with Crippen LogP contribution in [0, 0.1) is 5.92 Å². The van der Waals surface area contributed by atoms with Crippen LogP contribution in [0.3, 0.4) is 0 Å². The van der Waals surface area contributed by atoms with E-state index >= 15 is 0 Å². The number of hydrogen-bond acceptors (Lipinski definition) is 5. The van der Waals surface area contributed by atoms with Gasteiger partial charge in [-0.2, -0.15) is 13.9 Å². The molecule has 5 rings (SSSR count). The van der Waals surface area contributed by atoms with Crippen LogP contribution in [-0.2, 0) is 10.0 Å². The van der Waals surface area contributed by atoms with E-state index in [1.807, 2.05) is 30.3 Å². The third-order valence-electron chi connectivity index (χ3n) is 6.18. The number of anilines is 1. The molecule has 0 radical (unpaired) electrons. The van der Waals surface area contributed by atoms with Crippen LogP contribution in [-0.4, -0.2) is 47.0 Å². The molecule has 35 heavy (non-hydrogen) atoms. The minimum atomic E-state index is -3.61. The number of aromatic nitrogens is 3. The van der Waals surface area contributed by atoms with Crippen LogP contribution in [0.1, 0.15) is 12.8 Å². The SMILES string of the molecule is O=S(=O)(c1ccccc1Cl)N1CCC(CNc2cc(-c3ccccc3Cl)nc3c(Br)cnn23)CC1. The third-order valence-corrected chi connectivity index (χ3v) is 9.47. The van der Waals surface area contributed by atoms with Crippen molar-refractivity contribution in [2.45, 2.75) is 17.7 Å². The topological polar surface area (TPSA) is 79.6 Å². The predicted octanol–water partition coefficient (Wildman–Crippen LogP) is 5.98. The number of fused-ring (bicyclic) bond motifs is 1. The highest BCUT2D eigenvalue weighted by molar-refractivity contribution is 9.10. The maximum atomic E-state index is 13.0. The van der Waals surface area contributed by atoms with Gasteiger partial charge in [0.15, 0.2) is 5.65 Å². The van der Waals surface area contributed by atoms with Crippen molar-refractivity contribution >= 4 is 60.6 Å². The lowest BCUT2D eigenvalue weighted by molar-refractivity contribution is 0.282. The molecule has 1 aliphatic heterocycles. The molecule has 3 heterocycles. The van der Waals surface area contributed by atoms with Crippen molar-refractivity contribution in [2.75, 3.05) is 25.0 Å². The maximum Gasteiger partial charge on any atom is 0.244 e. The molecule has 0 unspecified atom stereocenters. The Balaban J connectivity index is 1.31. The Hall–Kier alpha value is -2.17. The summed E-state index contributed by atoms with van der Waals surface area (Å²) >= 11 is 16.1. The summed E-state index contributed by atoms with van der Waals surface area (Å²) in [6.45, 7) is 1.58. The number of nitrogens with zero attached hydrogens (tertiary/aromatic N) is 4. The van der Waals surface area contributed by atoms with Crippen molar-refractivity contribution in [1.82, 2.24) is 18.9 Å². The summed E-state index contributed by atoms with van der Waals surface area (Å²) in [6, 6.07) is 16.1. The van der Waals surface area contributed by atoms with Crippen LogP contribution in [0.2, 0.25) is 10.0 Å². The minimum Gasteiger partial charge on any atom is -0.370 e. The highest BCUT2D eigenvalue weighted by Crippen LogP contribution is 2.31. The van der Waals surface area contributed by atoms with Gasteiger partial charge in [-0.1, -0.05) is 53.5 Å². The van der Waals surface area contributed by atoms with E-state index in [2.05, 4.69) is 26.3 Å². The van der Waals surface area contributed by atoms with Crippen molar-refractivity contribution in [3.05, 3.63) is 75.3 Å². The van der Waals surface area contributed by atoms with E-state index in [4.69, 9.17) is 28.2 Å². The molecule has 1 saturated heterocycles. The number of benzene rings is 2. The van der Waals surface area contributed by atoms with Crippen LogP contribution in [0.5, 0.6) is 0 Å². The smallest absolute Gasteiger partial charge is 0.244 e. The zero-order valence-electron chi connectivity index (χ0n) is 18.5. The molecular formula is C24H22BrCl2N5O2S. The number of rotatable bonds is 6. The van der Waals surface area contributed by atoms with E-state index in [1.165, 1.54) is 4.31 Å². The summed E-state index contributed by atoms with van der Waals surface area (Å²) in [5.74, 6) is 1.10. The first-order valence-corrected chi connectivity index (χ1v) is 14.1. The van der Waals surface area contributed by atoms with Gasteiger partial charge in [0.25, 0.3) is 0 Å². The molecule has 0 aliphatic carbocycles. The van der Waals surface area contributed by atoms with E-state index in [0.29, 0.717) is 36.2 Å². The molecule has 1 N–H and O–H groups in total. The van der Waals surface area contributed by atoms with Crippen LogP contribution < -0.4 is 5.32 Å². The molecule has 11 heteroatoms. The lowest BCUT2D eigenvalue weighted by atomic mass is 9.98. The Bertz CT molecular complexity index is 1490. The lowest BCUT2D eigenvalue weighted by Crippen LogP contribution is -2.40. The fourth-order valence-corrected chi connectivity index (χ4v) is 6.81. The first-order chi connectivity index (χ1) is 16.8. The third kappa shape index (κ3) is 4.93. The molecule has 0 atom stereocenters. The Morgan fingerprint density at radius 3 is 2.43 bits per heavy atom. The van der Waals surface area contributed by atoms with Gasteiger partial charge in [-0.15, -0.1) is 0 Å². The number of hydrogen-bond donors (Lipinski definition) is 1. The molecule has 0 saturated carbocycles. The summed E-state index contributed by atoms with van der Waals surface area (Å²) in [7, 11) is -3.61. The average molecular weight is 595 g/mol. The van der Waals surface area contributed by atoms with E-state index in [9.17, 15) is 8.42 Å². The van der Waals surface area contributed by atoms with Gasteiger partial charge in [-0.05, 0) is 52.9 Å². The predicted molar refractivity (Wildman–Crippen MR) is 143 cm³/mol. The number of nitrogens with one attached hydrogen (secondary N) is 1. The van der Waals surface area contributed by atoms with Crippen LogP contribution >= 0.6 is 39.1 Å². The molecule has 0 bridgehead atoms. The zero-order chi connectivity index (χ0) is 24.6. The van der Waals surface area contributed by atoms with Crippen molar-refractivity contribution in [3.8, 4) is 11.3 Å². The first kappa shape index (κ1) is 24.5. The molecule has 0 amide bonds. The number of halogens is 3. The van der Waals surface area contributed by atoms with Gasteiger partial charge in [-0.3, -0.25) is 0 Å². The quantitative estimate of drug-likeness (QED) is 0.297. The van der Waals surface area contributed by atoms with Crippen LogP contribution in [0.4, 0.5) is 5.82 Å². The number of piperidine rings is 1. The van der Waals surface area contributed by atoms with E-state index in [-0.39, 0.29) is 9.92 Å². The van der Waals surface area contributed by atoms with Gasteiger partial charge >= 0.3 is 0 Å². The maximum absolute atomic E-state index is 13.0. The van der Waals surface area contributed by atoms with Crippen molar-refractivity contribution in [1.29, 1.82) is 0 Å². The molecule has 182 valence electrons. The monoisotopic (exact) mass is 593 g/mol. The van der Waals surface area contributed by atoms with Crippen molar-refractivity contribution < 1.29 is 8.42 Å². The fraction of sp³-hybridized carbons (Fsp3) is 0.250. The van der Waals surface area contributed by atoms with E-state index in [0.717, 1.165) is 34.4 Å². The molecule has 2 aromatic heterocycles. The second-order valence-corrected chi connectivity index (χ2v) is 12.0. The van der Waals surface area contributed by atoms with Gasteiger partial charge < -0.3 is 5.32 Å². The van der Waals surface area contributed by atoms with Gasteiger partial charge in [0, 0.05) is 36.3 Å². The molecule has 1 aliphatic rings. The Morgan fingerprint density at radius 1 is 1.03 bits per heavy atom. The highest BCUT2D eigenvalue weighted by atomic mass is 79.9. The zero-order valence-corrected chi connectivity index (χ0v) is 22.4. The Labute approximate surface area is 222 Å². The standard InChI is InChI=1S/C24H22BrCl2N5O2S/c25-18-15-29-32-23(13-21(30-24(18)32)17-5-1-2-6-19(17)26)28-14-16-9-11-31(12-10-16)35(33,34)22-8-4-3-7-20(22)27/h1-8,13,15-16,28H,9-12,14H2. The summed E-state index contributed by atoms with van der Waals surface area (Å²) < 4.78 is 30.1. The Morgan fingerprint density at radius 2 is 1.71 bits per heavy atom. The lowest BCUT2D eigenvalue weighted by Gasteiger charge is -2.31.